The van der Waals surface area contributed by atoms with Crippen LogP contribution in [-0.2, 0) is 11.2 Å². The van der Waals surface area contributed by atoms with Gasteiger partial charge in [-0.05, 0) is 61.7 Å². The molecule has 5 heteroatoms. The topological polar surface area (TPSA) is 55.5 Å². The van der Waals surface area contributed by atoms with Crippen molar-refractivity contribution in [2.24, 2.45) is 0 Å². The number of nitrogens with two attached hydrogens (primary N) is 1. The maximum atomic E-state index is 9.54. The second-order valence-corrected chi connectivity index (χ2v) is 7.33. The highest BCUT2D eigenvalue weighted by molar-refractivity contribution is 7.99. The smallest absolute Gasteiger partial charge is 0.0902 e. The SMILES string of the molecule is C[C@H](CCc1ccc(Cl)cc1)O[C@@H](CO)CSc1ccc(N)cc1. The third-order valence-electron chi connectivity index (χ3n) is 3.70. The van der Waals surface area contributed by atoms with Gasteiger partial charge in [0.25, 0.3) is 0 Å². The number of hydrogen-bond acceptors (Lipinski definition) is 4. The largest absolute Gasteiger partial charge is 0.399 e. The van der Waals surface area contributed by atoms with E-state index in [0.29, 0.717) is 5.75 Å². The Hall–Kier alpha value is -1.20. The summed E-state index contributed by atoms with van der Waals surface area (Å²) in [6, 6.07) is 15.6. The summed E-state index contributed by atoms with van der Waals surface area (Å²) in [5.74, 6) is 0.714. The van der Waals surface area contributed by atoms with E-state index >= 15 is 0 Å². The Kier molecular flexibility index (Phi) is 7.92. The first-order valence-corrected chi connectivity index (χ1v) is 9.42. The van der Waals surface area contributed by atoms with Crippen molar-refractivity contribution in [1.29, 1.82) is 0 Å². The third kappa shape index (κ3) is 6.73. The highest BCUT2D eigenvalue weighted by Gasteiger charge is 2.13. The van der Waals surface area contributed by atoms with Crippen molar-refractivity contribution in [3.63, 3.8) is 0 Å². The minimum Gasteiger partial charge on any atom is -0.399 e. The highest BCUT2D eigenvalue weighted by Crippen LogP contribution is 2.21. The summed E-state index contributed by atoms with van der Waals surface area (Å²) < 4.78 is 5.97. The Morgan fingerprint density at radius 1 is 1.12 bits per heavy atom. The first-order valence-electron chi connectivity index (χ1n) is 8.06. The van der Waals surface area contributed by atoms with E-state index in [2.05, 4.69) is 0 Å². The van der Waals surface area contributed by atoms with E-state index in [1.54, 1.807) is 11.8 Å². The van der Waals surface area contributed by atoms with Crippen LogP contribution in [0.25, 0.3) is 0 Å². The summed E-state index contributed by atoms with van der Waals surface area (Å²) in [6.07, 6.45) is 1.75. The van der Waals surface area contributed by atoms with E-state index in [9.17, 15) is 5.11 Å². The molecule has 2 aromatic rings. The molecule has 0 bridgehead atoms. The van der Waals surface area contributed by atoms with Gasteiger partial charge in [0, 0.05) is 21.4 Å². The molecule has 0 aliphatic rings. The van der Waals surface area contributed by atoms with Gasteiger partial charge in [-0.2, -0.15) is 0 Å². The number of aryl methyl sites for hydroxylation is 1. The van der Waals surface area contributed by atoms with Crippen LogP contribution >= 0.6 is 23.4 Å². The average Bonchev–Trinajstić information content (AvgIpc) is 2.59. The molecular formula is C19H24ClNO2S. The molecule has 0 heterocycles. The molecule has 2 atom stereocenters. The standard InChI is InChI=1S/C19H24ClNO2S/c1-14(2-3-15-4-6-16(20)7-5-15)23-18(12-22)13-24-19-10-8-17(21)9-11-19/h4-11,14,18,22H,2-3,12-13,21H2,1H3/t14-,18+/m1/s1. The number of anilines is 1. The number of thioether (sulfide) groups is 1. The molecule has 0 saturated heterocycles. The van der Waals surface area contributed by atoms with Crippen LogP contribution in [0, 0.1) is 0 Å². The number of benzene rings is 2. The second-order valence-electron chi connectivity index (χ2n) is 5.80. The van der Waals surface area contributed by atoms with Crippen LogP contribution in [0.5, 0.6) is 0 Å². The molecule has 2 rings (SSSR count). The number of aliphatic hydroxyl groups is 1. The maximum Gasteiger partial charge on any atom is 0.0902 e. The lowest BCUT2D eigenvalue weighted by Crippen LogP contribution is -2.26. The Morgan fingerprint density at radius 2 is 1.79 bits per heavy atom. The lowest BCUT2D eigenvalue weighted by Gasteiger charge is -2.21. The van der Waals surface area contributed by atoms with Gasteiger partial charge in [-0.25, -0.2) is 0 Å². The molecule has 0 saturated carbocycles. The molecule has 0 aromatic heterocycles. The van der Waals surface area contributed by atoms with E-state index < -0.39 is 0 Å². The van der Waals surface area contributed by atoms with E-state index in [1.807, 2.05) is 55.5 Å². The fourth-order valence-corrected chi connectivity index (χ4v) is 3.32. The third-order valence-corrected chi connectivity index (χ3v) is 5.09. The van der Waals surface area contributed by atoms with Crippen molar-refractivity contribution in [2.45, 2.75) is 36.9 Å². The van der Waals surface area contributed by atoms with Gasteiger partial charge in [0.2, 0.25) is 0 Å². The molecule has 0 aliphatic heterocycles. The Bertz CT molecular complexity index is 604. The quantitative estimate of drug-likeness (QED) is 0.510. The molecule has 0 fully saturated rings. The number of hydrogen-bond donors (Lipinski definition) is 2. The normalized spacial score (nSPS) is 13.6. The molecular weight excluding hydrogens is 342 g/mol. The zero-order chi connectivity index (χ0) is 17.4. The fourth-order valence-electron chi connectivity index (χ4n) is 2.31. The average molecular weight is 366 g/mol. The van der Waals surface area contributed by atoms with Crippen LogP contribution in [0.1, 0.15) is 18.9 Å². The van der Waals surface area contributed by atoms with Gasteiger partial charge in [-0.3, -0.25) is 0 Å². The summed E-state index contributed by atoms with van der Waals surface area (Å²) >= 11 is 7.56. The number of halogens is 1. The van der Waals surface area contributed by atoms with Crippen LogP contribution in [0.15, 0.2) is 53.4 Å². The molecule has 3 N–H and O–H groups in total. The molecule has 0 amide bonds. The zero-order valence-electron chi connectivity index (χ0n) is 13.8. The van der Waals surface area contributed by atoms with E-state index in [0.717, 1.165) is 28.4 Å². The molecule has 0 spiro atoms. The predicted molar refractivity (Wildman–Crippen MR) is 103 cm³/mol. The maximum absolute atomic E-state index is 9.54. The lowest BCUT2D eigenvalue weighted by molar-refractivity contribution is -0.0210. The van der Waals surface area contributed by atoms with Crippen molar-refractivity contribution < 1.29 is 9.84 Å². The molecule has 0 unspecified atom stereocenters. The van der Waals surface area contributed by atoms with Crippen LogP contribution < -0.4 is 5.73 Å². The molecule has 0 aliphatic carbocycles. The van der Waals surface area contributed by atoms with E-state index in [4.69, 9.17) is 22.1 Å². The predicted octanol–water partition coefficient (Wildman–Crippen LogP) is 4.41. The molecule has 3 nitrogen and oxygen atoms in total. The number of ether oxygens (including phenoxy) is 1. The Labute approximate surface area is 153 Å². The second kappa shape index (κ2) is 9.94. The zero-order valence-corrected chi connectivity index (χ0v) is 15.4. The van der Waals surface area contributed by atoms with Crippen molar-refractivity contribution in [2.75, 3.05) is 18.1 Å². The van der Waals surface area contributed by atoms with Gasteiger partial charge < -0.3 is 15.6 Å². The summed E-state index contributed by atoms with van der Waals surface area (Å²) in [7, 11) is 0. The highest BCUT2D eigenvalue weighted by atomic mass is 35.5. The Balaban J connectivity index is 1.74. The molecule has 0 radical (unpaired) electrons. The van der Waals surface area contributed by atoms with Gasteiger partial charge in [0.05, 0.1) is 18.8 Å². The summed E-state index contributed by atoms with van der Waals surface area (Å²) in [4.78, 5) is 1.13. The van der Waals surface area contributed by atoms with E-state index in [-0.39, 0.29) is 18.8 Å². The van der Waals surface area contributed by atoms with E-state index in [1.165, 1.54) is 5.56 Å². The first-order chi connectivity index (χ1) is 11.6. The monoisotopic (exact) mass is 365 g/mol. The summed E-state index contributed by atoms with van der Waals surface area (Å²) in [5.41, 5.74) is 7.68. The van der Waals surface area contributed by atoms with Crippen molar-refractivity contribution >= 4 is 29.1 Å². The van der Waals surface area contributed by atoms with Gasteiger partial charge in [-0.15, -0.1) is 11.8 Å². The van der Waals surface area contributed by atoms with Gasteiger partial charge in [-0.1, -0.05) is 23.7 Å². The molecule has 2 aromatic carbocycles. The Morgan fingerprint density at radius 3 is 2.42 bits per heavy atom. The summed E-state index contributed by atoms with van der Waals surface area (Å²) in [5, 5.41) is 10.3. The van der Waals surface area contributed by atoms with Crippen LogP contribution in [-0.4, -0.2) is 29.7 Å². The van der Waals surface area contributed by atoms with Crippen LogP contribution in [0.4, 0.5) is 5.69 Å². The number of nitrogen functional groups attached to an aromatic ring is 1. The minimum absolute atomic E-state index is 0.0211. The van der Waals surface area contributed by atoms with Gasteiger partial charge >= 0.3 is 0 Å². The first kappa shape index (κ1) is 19.1. The summed E-state index contributed by atoms with van der Waals surface area (Å²) in [6.45, 7) is 2.07. The fraction of sp³-hybridized carbons (Fsp3) is 0.368. The lowest BCUT2D eigenvalue weighted by atomic mass is 10.1. The molecule has 24 heavy (non-hydrogen) atoms. The molecule has 130 valence electrons. The van der Waals surface area contributed by atoms with Crippen molar-refractivity contribution in [3.05, 3.63) is 59.1 Å². The number of aliphatic hydroxyl groups excluding tert-OH is 1. The van der Waals surface area contributed by atoms with Crippen LogP contribution in [0.2, 0.25) is 5.02 Å². The number of rotatable bonds is 9. The minimum atomic E-state index is -0.173. The van der Waals surface area contributed by atoms with Gasteiger partial charge in [0.15, 0.2) is 0 Å². The van der Waals surface area contributed by atoms with Crippen molar-refractivity contribution in [3.8, 4) is 0 Å². The van der Waals surface area contributed by atoms with Gasteiger partial charge in [0.1, 0.15) is 0 Å². The van der Waals surface area contributed by atoms with Crippen molar-refractivity contribution in [1.82, 2.24) is 0 Å². The van der Waals surface area contributed by atoms with Crippen LogP contribution in [0.3, 0.4) is 0 Å².